The topological polar surface area (TPSA) is 49.4 Å². The third-order valence-corrected chi connectivity index (χ3v) is 6.11. The van der Waals surface area contributed by atoms with Crippen LogP contribution in [0.3, 0.4) is 0 Å². The molecule has 1 N–H and O–H groups in total. The fourth-order valence-electron chi connectivity index (χ4n) is 3.62. The molecule has 1 aromatic rings. The normalized spacial score (nSPS) is 26.0. The second-order valence-electron chi connectivity index (χ2n) is 7.01. The quantitative estimate of drug-likeness (QED) is 0.922. The molecule has 2 fully saturated rings. The van der Waals surface area contributed by atoms with E-state index in [9.17, 15) is 9.59 Å². The molecule has 2 amide bonds. The summed E-state index contributed by atoms with van der Waals surface area (Å²) in [4.78, 5) is 27.4. The van der Waals surface area contributed by atoms with Crippen molar-refractivity contribution in [1.82, 2.24) is 10.2 Å². The van der Waals surface area contributed by atoms with Crippen LogP contribution >= 0.6 is 11.3 Å². The van der Waals surface area contributed by atoms with E-state index in [2.05, 4.69) is 12.2 Å². The van der Waals surface area contributed by atoms with Crippen molar-refractivity contribution < 1.29 is 9.59 Å². The Hall–Kier alpha value is -1.36. The number of amides is 2. The minimum Gasteiger partial charge on any atom is -0.353 e. The van der Waals surface area contributed by atoms with E-state index in [-0.39, 0.29) is 17.7 Å². The van der Waals surface area contributed by atoms with Gasteiger partial charge in [0.1, 0.15) is 0 Å². The van der Waals surface area contributed by atoms with Crippen LogP contribution in [0.4, 0.5) is 0 Å². The molecule has 4 nitrogen and oxygen atoms in total. The van der Waals surface area contributed by atoms with Gasteiger partial charge in [0.2, 0.25) is 5.91 Å². The van der Waals surface area contributed by atoms with Gasteiger partial charge in [0.15, 0.2) is 0 Å². The van der Waals surface area contributed by atoms with Gasteiger partial charge >= 0.3 is 0 Å². The van der Waals surface area contributed by atoms with E-state index >= 15 is 0 Å². The Labute approximate surface area is 142 Å². The summed E-state index contributed by atoms with van der Waals surface area (Å²) in [6.07, 6.45) is 6.24. The van der Waals surface area contributed by atoms with E-state index in [1.165, 1.54) is 24.2 Å². The summed E-state index contributed by atoms with van der Waals surface area (Å²) < 4.78 is 0. The molecule has 23 heavy (non-hydrogen) atoms. The summed E-state index contributed by atoms with van der Waals surface area (Å²) in [7, 11) is 0. The monoisotopic (exact) mass is 334 g/mol. The highest BCUT2D eigenvalue weighted by Crippen LogP contribution is 2.25. The Bertz CT molecular complexity index is 527. The smallest absolute Gasteiger partial charge is 0.263 e. The number of likely N-dealkylation sites (tertiary alicyclic amines) is 1. The van der Waals surface area contributed by atoms with Crippen LogP contribution in [0.15, 0.2) is 17.5 Å². The van der Waals surface area contributed by atoms with Gasteiger partial charge in [-0.05, 0) is 55.9 Å². The molecule has 126 valence electrons. The molecule has 2 heterocycles. The van der Waals surface area contributed by atoms with E-state index in [1.54, 1.807) is 0 Å². The predicted octanol–water partition coefficient (Wildman–Crippen LogP) is 3.30. The molecule has 0 bridgehead atoms. The van der Waals surface area contributed by atoms with E-state index in [4.69, 9.17) is 0 Å². The van der Waals surface area contributed by atoms with E-state index < -0.39 is 0 Å². The molecule has 1 saturated heterocycles. The summed E-state index contributed by atoms with van der Waals surface area (Å²) >= 11 is 1.48. The fourth-order valence-corrected chi connectivity index (χ4v) is 4.32. The van der Waals surface area contributed by atoms with Crippen molar-refractivity contribution in [3.8, 4) is 0 Å². The van der Waals surface area contributed by atoms with Gasteiger partial charge in [-0.2, -0.15) is 0 Å². The lowest BCUT2D eigenvalue weighted by molar-refractivity contribution is -0.127. The Morgan fingerprint density at radius 2 is 1.83 bits per heavy atom. The van der Waals surface area contributed by atoms with Crippen molar-refractivity contribution >= 4 is 23.2 Å². The predicted molar refractivity (Wildman–Crippen MR) is 92.5 cm³/mol. The number of rotatable bonds is 3. The Morgan fingerprint density at radius 3 is 2.43 bits per heavy atom. The number of nitrogens with one attached hydrogen (secondary N) is 1. The molecular formula is C18H26N2O2S. The maximum Gasteiger partial charge on any atom is 0.263 e. The maximum absolute atomic E-state index is 12.4. The Morgan fingerprint density at radius 1 is 1.13 bits per heavy atom. The van der Waals surface area contributed by atoms with Crippen molar-refractivity contribution in [2.45, 2.75) is 51.5 Å². The van der Waals surface area contributed by atoms with Crippen molar-refractivity contribution in [3.05, 3.63) is 22.4 Å². The molecule has 0 radical (unpaired) electrons. The summed E-state index contributed by atoms with van der Waals surface area (Å²) in [6.45, 7) is 3.67. The maximum atomic E-state index is 12.4. The number of piperidine rings is 1. The van der Waals surface area contributed by atoms with Crippen molar-refractivity contribution in [2.24, 2.45) is 11.8 Å². The molecule has 5 heteroatoms. The number of thiophene rings is 1. The highest BCUT2D eigenvalue weighted by Gasteiger charge is 2.29. The Kier molecular flexibility index (Phi) is 5.36. The number of hydrogen-bond donors (Lipinski definition) is 1. The fraction of sp³-hybridized carbons (Fsp3) is 0.667. The van der Waals surface area contributed by atoms with Gasteiger partial charge in [-0.1, -0.05) is 13.0 Å². The average molecular weight is 334 g/mol. The third-order valence-electron chi connectivity index (χ3n) is 5.25. The van der Waals surface area contributed by atoms with Crippen molar-refractivity contribution in [3.63, 3.8) is 0 Å². The molecule has 1 aromatic heterocycles. The van der Waals surface area contributed by atoms with Crippen LogP contribution in [0.5, 0.6) is 0 Å². The Balaban J connectivity index is 1.45. The lowest BCUT2D eigenvalue weighted by atomic mass is 9.86. The second kappa shape index (κ2) is 7.47. The van der Waals surface area contributed by atoms with Crippen LogP contribution in [-0.4, -0.2) is 35.8 Å². The molecule has 0 atom stereocenters. The SMILES string of the molecule is CC1CCC(NC(=O)C2CCN(C(=O)c3cccs3)CC2)CC1. The third kappa shape index (κ3) is 4.14. The second-order valence-corrected chi connectivity index (χ2v) is 7.96. The van der Waals surface area contributed by atoms with Gasteiger partial charge in [0.25, 0.3) is 5.91 Å². The van der Waals surface area contributed by atoms with Gasteiger partial charge < -0.3 is 10.2 Å². The van der Waals surface area contributed by atoms with Crippen LogP contribution in [0.2, 0.25) is 0 Å². The lowest BCUT2D eigenvalue weighted by Gasteiger charge is -2.33. The number of hydrogen-bond acceptors (Lipinski definition) is 3. The zero-order valence-corrected chi connectivity index (χ0v) is 14.6. The first-order valence-electron chi connectivity index (χ1n) is 8.76. The van der Waals surface area contributed by atoms with Crippen LogP contribution in [-0.2, 0) is 4.79 Å². The minimum absolute atomic E-state index is 0.0711. The van der Waals surface area contributed by atoms with Crippen molar-refractivity contribution in [1.29, 1.82) is 0 Å². The van der Waals surface area contributed by atoms with Crippen LogP contribution in [0.25, 0.3) is 0 Å². The summed E-state index contributed by atoms with van der Waals surface area (Å²) in [5.41, 5.74) is 0. The molecule has 0 aromatic carbocycles. The number of carbonyl (C=O) groups is 2. The van der Waals surface area contributed by atoms with E-state index in [0.29, 0.717) is 19.1 Å². The van der Waals surface area contributed by atoms with Gasteiger partial charge in [0, 0.05) is 25.0 Å². The minimum atomic E-state index is 0.0711. The van der Waals surface area contributed by atoms with Crippen molar-refractivity contribution in [2.75, 3.05) is 13.1 Å². The first-order valence-corrected chi connectivity index (χ1v) is 9.64. The summed E-state index contributed by atoms with van der Waals surface area (Å²) in [5, 5.41) is 5.17. The first-order chi connectivity index (χ1) is 11.1. The highest BCUT2D eigenvalue weighted by atomic mass is 32.1. The molecular weight excluding hydrogens is 308 g/mol. The standard InChI is InChI=1S/C18H26N2O2S/c1-13-4-6-15(7-5-13)19-17(21)14-8-10-20(11-9-14)18(22)16-3-2-12-23-16/h2-3,12-15H,4-11H2,1H3,(H,19,21). The number of nitrogens with zero attached hydrogens (tertiary/aromatic N) is 1. The molecule has 0 unspecified atom stereocenters. The van der Waals surface area contributed by atoms with Crippen LogP contribution in [0, 0.1) is 11.8 Å². The lowest BCUT2D eigenvalue weighted by Crippen LogP contribution is -2.46. The summed E-state index contributed by atoms with van der Waals surface area (Å²) in [6, 6.07) is 4.14. The molecule has 1 aliphatic carbocycles. The van der Waals surface area contributed by atoms with Gasteiger partial charge in [-0.3, -0.25) is 9.59 Å². The first kappa shape index (κ1) is 16.5. The summed E-state index contributed by atoms with van der Waals surface area (Å²) in [5.74, 6) is 1.18. The molecule has 1 saturated carbocycles. The largest absolute Gasteiger partial charge is 0.353 e. The molecule has 1 aliphatic heterocycles. The number of carbonyl (C=O) groups excluding carboxylic acids is 2. The van der Waals surface area contributed by atoms with Crippen LogP contribution < -0.4 is 5.32 Å². The van der Waals surface area contributed by atoms with E-state index in [0.717, 1.165) is 36.5 Å². The average Bonchev–Trinajstić information content (AvgIpc) is 3.11. The van der Waals surface area contributed by atoms with Crippen LogP contribution in [0.1, 0.15) is 55.1 Å². The van der Waals surface area contributed by atoms with Gasteiger partial charge in [-0.15, -0.1) is 11.3 Å². The van der Waals surface area contributed by atoms with Gasteiger partial charge in [0.05, 0.1) is 4.88 Å². The molecule has 3 rings (SSSR count). The zero-order valence-electron chi connectivity index (χ0n) is 13.8. The van der Waals surface area contributed by atoms with Gasteiger partial charge in [-0.25, -0.2) is 0 Å². The zero-order chi connectivity index (χ0) is 16.2. The van der Waals surface area contributed by atoms with E-state index in [1.807, 2.05) is 22.4 Å². The molecule has 2 aliphatic rings. The highest BCUT2D eigenvalue weighted by molar-refractivity contribution is 7.12. The molecule has 0 spiro atoms.